The van der Waals surface area contributed by atoms with Gasteiger partial charge in [0.1, 0.15) is 0 Å². The van der Waals surface area contributed by atoms with E-state index in [0.29, 0.717) is 18.5 Å². The Morgan fingerprint density at radius 1 is 1.09 bits per heavy atom. The summed E-state index contributed by atoms with van der Waals surface area (Å²) < 4.78 is 5.80. The van der Waals surface area contributed by atoms with Crippen LogP contribution in [-0.2, 0) is 4.74 Å². The van der Waals surface area contributed by atoms with Crippen molar-refractivity contribution in [2.45, 2.75) is 91.2 Å². The van der Waals surface area contributed by atoms with E-state index in [1.165, 1.54) is 44.9 Å². The number of methoxy groups -OCH3 is 1. The fourth-order valence-corrected chi connectivity index (χ4v) is 3.38. The monoisotopic (exact) mass is 314 g/mol. The van der Waals surface area contributed by atoms with Gasteiger partial charge in [-0.1, -0.05) is 52.9 Å². The van der Waals surface area contributed by atoms with Crippen LogP contribution in [0.25, 0.3) is 0 Å². The van der Waals surface area contributed by atoms with E-state index in [4.69, 9.17) is 10.5 Å². The molecule has 22 heavy (non-hydrogen) atoms. The molecule has 2 atom stereocenters. The molecule has 0 aliphatic carbocycles. The Labute approximate surface area is 139 Å². The lowest BCUT2D eigenvalue weighted by Crippen LogP contribution is -2.54. The molecule has 0 saturated carbocycles. The highest BCUT2D eigenvalue weighted by molar-refractivity contribution is 4.91. The Balaban J connectivity index is 4.73. The Hall–Kier alpha value is -0.120. The summed E-state index contributed by atoms with van der Waals surface area (Å²) in [4.78, 5) is 0. The van der Waals surface area contributed by atoms with Gasteiger partial charge >= 0.3 is 0 Å². The molecule has 3 heteroatoms. The fourth-order valence-electron chi connectivity index (χ4n) is 3.38. The summed E-state index contributed by atoms with van der Waals surface area (Å²) in [5, 5.41) is 3.67. The van der Waals surface area contributed by atoms with Gasteiger partial charge in [-0.25, -0.2) is 0 Å². The molecule has 0 rings (SSSR count). The van der Waals surface area contributed by atoms with E-state index >= 15 is 0 Å². The summed E-state index contributed by atoms with van der Waals surface area (Å²) in [5.41, 5.74) is 5.56. The Kier molecular flexibility index (Phi) is 12.3. The number of unbranched alkanes of at least 4 members (excludes halogenated alkanes) is 4. The van der Waals surface area contributed by atoms with Crippen molar-refractivity contribution in [1.29, 1.82) is 0 Å². The van der Waals surface area contributed by atoms with Crippen LogP contribution in [0.15, 0.2) is 0 Å². The standard InChI is InChI=1S/C19H42N2O/c1-7-8-9-10-11-12-17(15-16(2)3)18(21-14-13-20)19(4,5)22-6/h16-18,21H,7-15,20H2,1-6H3. The summed E-state index contributed by atoms with van der Waals surface area (Å²) in [6, 6.07) is 0.370. The first kappa shape index (κ1) is 21.9. The van der Waals surface area contributed by atoms with Crippen molar-refractivity contribution >= 4 is 0 Å². The molecule has 0 aliphatic rings. The van der Waals surface area contributed by atoms with Gasteiger partial charge in [0, 0.05) is 26.2 Å². The predicted octanol–water partition coefficient (Wildman–Crippen LogP) is 4.35. The van der Waals surface area contributed by atoms with E-state index in [2.05, 4.69) is 39.9 Å². The van der Waals surface area contributed by atoms with Gasteiger partial charge in [-0.05, 0) is 38.5 Å². The number of hydrogen-bond acceptors (Lipinski definition) is 3. The lowest BCUT2D eigenvalue weighted by Gasteiger charge is -2.40. The van der Waals surface area contributed by atoms with Crippen LogP contribution >= 0.6 is 0 Å². The van der Waals surface area contributed by atoms with Crippen LogP contribution < -0.4 is 11.1 Å². The van der Waals surface area contributed by atoms with Crippen LogP contribution in [0.5, 0.6) is 0 Å². The average molecular weight is 315 g/mol. The molecule has 2 unspecified atom stereocenters. The number of rotatable bonds is 14. The van der Waals surface area contributed by atoms with E-state index in [1.54, 1.807) is 0 Å². The van der Waals surface area contributed by atoms with Crippen molar-refractivity contribution in [1.82, 2.24) is 5.32 Å². The number of nitrogens with one attached hydrogen (secondary N) is 1. The SMILES string of the molecule is CCCCCCCC(CC(C)C)C(NCCN)C(C)(C)OC. The molecule has 0 saturated heterocycles. The van der Waals surface area contributed by atoms with Gasteiger partial charge in [0.15, 0.2) is 0 Å². The lowest BCUT2D eigenvalue weighted by atomic mass is 9.79. The highest BCUT2D eigenvalue weighted by Gasteiger charge is 2.35. The molecule has 0 radical (unpaired) electrons. The van der Waals surface area contributed by atoms with E-state index in [9.17, 15) is 0 Å². The van der Waals surface area contributed by atoms with Crippen LogP contribution in [-0.4, -0.2) is 31.8 Å². The van der Waals surface area contributed by atoms with Crippen LogP contribution in [0.1, 0.15) is 79.6 Å². The van der Waals surface area contributed by atoms with Gasteiger partial charge in [0.25, 0.3) is 0 Å². The summed E-state index contributed by atoms with van der Waals surface area (Å²) in [6.45, 7) is 12.9. The van der Waals surface area contributed by atoms with Crippen molar-refractivity contribution in [3.63, 3.8) is 0 Å². The normalized spacial score (nSPS) is 15.3. The second kappa shape index (κ2) is 12.3. The van der Waals surface area contributed by atoms with Gasteiger partial charge in [0.05, 0.1) is 5.60 Å². The second-order valence-corrected chi connectivity index (χ2v) is 7.62. The van der Waals surface area contributed by atoms with Crippen LogP contribution in [0, 0.1) is 11.8 Å². The molecule has 0 aromatic carbocycles. The maximum Gasteiger partial charge on any atom is 0.0777 e. The highest BCUT2D eigenvalue weighted by atomic mass is 16.5. The Morgan fingerprint density at radius 2 is 1.73 bits per heavy atom. The minimum Gasteiger partial charge on any atom is -0.377 e. The summed E-state index contributed by atoms with van der Waals surface area (Å²) in [7, 11) is 1.82. The summed E-state index contributed by atoms with van der Waals surface area (Å²) >= 11 is 0. The van der Waals surface area contributed by atoms with Gasteiger partial charge < -0.3 is 15.8 Å². The van der Waals surface area contributed by atoms with Gasteiger partial charge in [-0.3, -0.25) is 0 Å². The third-order valence-corrected chi connectivity index (χ3v) is 4.71. The zero-order valence-corrected chi connectivity index (χ0v) is 16.1. The topological polar surface area (TPSA) is 47.3 Å². The minimum absolute atomic E-state index is 0.155. The van der Waals surface area contributed by atoms with E-state index in [0.717, 1.165) is 12.5 Å². The number of ether oxygens (including phenoxy) is 1. The third kappa shape index (κ3) is 9.12. The average Bonchev–Trinajstić information content (AvgIpc) is 2.46. The minimum atomic E-state index is -0.155. The Morgan fingerprint density at radius 3 is 2.23 bits per heavy atom. The van der Waals surface area contributed by atoms with Crippen LogP contribution in [0.3, 0.4) is 0 Å². The summed E-state index contributed by atoms with van der Waals surface area (Å²) in [6.07, 6.45) is 9.29. The fraction of sp³-hybridized carbons (Fsp3) is 1.00. The van der Waals surface area contributed by atoms with Crippen LogP contribution in [0.2, 0.25) is 0 Å². The largest absolute Gasteiger partial charge is 0.377 e. The predicted molar refractivity (Wildman–Crippen MR) is 98.3 cm³/mol. The number of nitrogens with two attached hydrogens (primary N) is 1. The lowest BCUT2D eigenvalue weighted by molar-refractivity contribution is -0.0319. The smallest absolute Gasteiger partial charge is 0.0777 e. The van der Waals surface area contributed by atoms with Gasteiger partial charge in [0.2, 0.25) is 0 Å². The van der Waals surface area contributed by atoms with Crippen molar-refractivity contribution in [3.05, 3.63) is 0 Å². The molecule has 0 aliphatic heterocycles. The molecular weight excluding hydrogens is 272 g/mol. The number of hydrogen-bond donors (Lipinski definition) is 2. The van der Waals surface area contributed by atoms with Crippen LogP contribution in [0.4, 0.5) is 0 Å². The molecule has 0 spiro atoms. The zero-order chi connectivity index (χ0) is 17.0. The van der Waals surface area contributed by atoms with Crippen molar-refractivity contribution < 1.29 is 4.74 Å². The quantitative estimate of drug-likeness (QED) is 0.469. The first-order valence-electron chi connectivity index (χ1n) is 9.37. The van der Waals surface area contributed by atoms with Gasteiger partial charge in [-0.2, -0.15) is 0 Å². The molecule has 0 heterocycles. The van der Waals surface area contributed by atoms with E-state index in [-0.39, 0.29) is 5.60 Å². The highest BCUT2D eigenvalue weighted by Crippen LogP contribution is 2.30. The Bertz CT molecular complexity index is 254. The van der Waals surface area contributed by atoms with E-state index in [1.807, 2.05) is 7.11 Å². The molecule has 0 aromatic rings. The van der Waals surface area contributed by atoms with E-state index < -0.39 is 0 Å². The maximum absolute atomic E-state index is 5.80. The van der Waals surface area contributed by atoms with Crippen molar-refractivity contribution in [2.24, 2.45) is 17.6 Å². The molecular formula is C19H42N2O. The second-order valence-electron chi connectivity index (χ2n) is 7.62. The first-order chi connectivity index (χ1) is 10.4. The molecule has 0 bridgehead atoms. The molecule has 0 amide bonds. The van der Waals surface area contributed by atoms with Crippen molar-refractivity contribution in [3.8, 4) is 0 Å². The molecule has 0 fully saturated rings. The third-order valence-electron chi connectivity index (χ3n) is 4.71. The maximum atomic E-state index is 5.80. The molecule has 3 nitrogen and oxygen atoms in total. The molecule has 134 valence electrons. The summed E-state index contributed by atoms with van der Waals surface area (Å²) in [5.74, 6) is 1.37. The molecule has 3 N–H and O–H groups in total. The van der Waals surface area contributed by atoms with Crippen molar-refractivity contribution in [2.75, 3.05) is 20.2 Å². The first-order valence-corrected chi connectivity index (χ1v) is 9.37. The zero-order valence-electron chi connectivity index (χ0n) is 16.1. The van der Waals surface area contributed by atoms with Gasteiger partial charge in [-0.15, -0.1) is 0 Å². The molecule has 0 aromatic heterocycles.